The van der Waals surface area contributed by atoms with Crippen molar-refractivity contribution >= 4 is 23.8 Å². The number of aliphatic carboxylic acids is 1. The van der Waals surface area contributed by atoms with Gasteiger partial charge in [0, 0.05) is 11.3 Å². The van der Waals surface area contributed by atoms with Gasteiger partial charge in [-0.05, 0) is 54.1 Å². The van der Waals surface area contributed by atoms with Crippen LogP contribution in [0, 0.1) is 0 Å². The molecule has 118 valence electrons. The van der Waals surface area contributed by atoms with Crippen LogP contribution < -0.4 is 15.9 Å². The molecule has 7 heteroatoms. The molecule has 0 fully saturated rings. The minimum absolute atomic E-state index is 0.345. The number of ether oxygens (including phenoxy) is 1. The second-order valence-corrected chi connectivity index (χ2v) is 4.57. The second kappa shape index (κ2) is 7.60. The van der Waals surface area contributed by atoms with Gasteiger partial charge in [0.1, 0.15) is 5.75 Å². The first-order valence-electron chi connectivity index (χ1n) is 6.68. The number of nitrogens with one attached hydrogen (secondary N) is 1. The van der Waals surface area contributed by atoms with Crippen LogP contribution in [0.4, 0.5) is 5.69 Å². The lowest BCUT2D eigenvalue weighted by Gasteiger charge is -2.03. The summed E-state index contributed by atoms with van der Waals surface area (Å²) in [6, 6.07) is 13.1. The van der Waals surface area contributed by atoms with Gasteiger partial charge in [-0.2, -0.15) is 5.10 Å². The number of nitrogens with two attached hydrogens (primary N) is 1. The van der Waals surface area contributed by atoms with Gasteiger partial charge in [-0.3, -0.25) is 4.79 Å². The third-order valence-corrected chi connectivity index (χ3v) is 2.79. The molecule has 0 aliphatic rings. The fourth-order valence-electron chi connectivity index (χ4n) is 1.66. The van der Waals surface area contributed by atoms with Crippen molar-refractivity contribution in [2.75, 3.05) is 12.3 Å². The summed E-state index contributed by atoms with van der Waals surface area (Å²) in [6.45, 7) is -0.398. The van der Waals surface area contributed by atoms with Crippen molar-refractivity contribution in [2.45, 2.75) is 0 Å². The average Bonchev–Trinajstić information content (AvgIpc) is 2.54. The van der Waals surface area contributed by atoms with Gasteiger partial charge in [-0.1, -0.05) is 0 Å². The molecule has 0 saturated carbocycles. The van der Waals surface area contributed by atoms with Gasteiger partial charge in [-0.25, -0.2) is 10.2 Å². The number of amides is 1. The SMILES string of the molecule is Nc1ccc(C(=O)N/N=C/c2ccc(OCC(=O)O)cc2)cc1. The molecule has 2 aromatic rings. The number of carboxylic acids is 1. The lowest BCUT2D eigenvalue weighted by atomic mass is 10.2. The van der Waals surface area contributed by atoms with E-state index in [1.165, 1.54) is 6.21 Å². The highest BCUT2D eigenvalue weighted by Crippen LogP contribution is 2.11. The van der Waals surface area contributed by atoms with Crippen molar-refractivity contribution in [3.05, 3.63) is 59.7 Å². The number of rotatable bonds is 6. The predicted molar refractivity (Wildman–Crippen MR) is 85.5 cm³/mol. The highest BCUT2D eigenvalue weighted by atomic mass is 16.5. The van der Waals surface area contributed by atoms with Gasteiger partial charge in [0.15, 0.2) is 6.61 Å². The Morgan fingerprint density at radius 2 is 1.78 bits per heavy atom. The first-order chi connectivity index (χ1) is 11.0. The molecule has 23 heavy (non-hydrogen) atoms. The van der Waals surface area contributed by atoms with Crippen molar-refractivity contribution in [3.63, 3.8) is 0 Å². The third kappa shape index (κ3) is 5.16. The number of benzene rings is 2. The number of hydrogen-bond acceptors (Lipinski definition) is 5. The molecule has 0 aromatic heterocycles. The van der Waals surface area contributed by atoms with E-state index in [-0.39, 0.29) is 5.91 Å². The number of carbonyl (C=O) groups is 2. The number of anilines is 1. The van der Waals surface area contributed by atoms with Gasteiger partial charge >= 0.3 is 5.97 Å². The van der Waals surface area contributed by atoms with Crippen LogP contribution in [0.15, 0.2) is 53.6 Å². The zero-order chi connectivity index (χ0) is 16.7. The summed E-state index contributed by atoms with van der Waals surface area (Å²) in [4.78, 5) is 22.2. The summed E-state index contributed by atoms with van der Waals surface area (Å²) in [5, 5.41) is 12.4. The minimum atomic E-state index is -1.04. The maximum atomic E-state index is 11.8. The van der Waals surface area contributed by atoms with Gasteiger partial charge in [-0.15, -0.1) is 0 Å². The molecule has 2 rings (SSSR count). The Morgan fingerprint density at radius 3 is 2.39 bits per heavy atom. The van der Waals surface area contributed by atoms with Crippen LogP contribution >= 0.6 is 0 Å². The normalized spacial score (nSPS) is 10.4. The van der Waals surface area contributed by atoms with Gasteiger partial charge in [0.05, 0.1) is 6.21 Å². The maximum Gasteiger partial charge on any atom is 0.341 e. The van der Waals surface area contributed by atoms with Crippen LogP contribution in [-0.4, -0.2) is 29.8 Å². The van der Waals surface area contributed by atoms with E-state index in [1.807, 2.05) is 0 Å². The summed E-state index contributed by atoms with van der Waals surface area (Å²) in [7, 11) is 0. The summed E-state index contributed by atoms with van der Waals surface area (Å²) in [5.74, 6) is -0.945. The van der Waals surface area contributed by atoms with E-state index < -0.39 is 12.6 Å². The van der Waals surface area contributed by atoms with Crippen LogP contribution in [0.2, 0.25) is 0 Å². The van der Waals surface area contributed by atoms with Crippen LogP contribution in [0.3, 0.4) is 0 Å². The summed E-state index contributed by atoms with van der Waals surface area (Å²) in [6.07, 6.45) is 1.47. The van der Waals surface area contributed by atoms with Crippen molar-refractivity contribution in [2.24, 2.45) is 5.10 Å². The van der Waals surface area contributed by atoms with E-state index in [1.54, 1.807) is 48.5 Å². The molecule has 0 radical (unpaired) electrons. The largest absolute Gasteiger partial charge is 0.482 e. The Bertz CT molecular complexity index is 709. The predicted octanol–water partition coefficient (Wildman–Crippen LogP) is 1.50. The van der Waals surface area contributed by atoms with Gasteiger partial charge < -0.3 is 15.6 Å². The number of carbonyl (C=O) groups excluding carboxylic acids is 1. The Balaban J connectivity index is 1.88. The Kier molecular flexibility index (Phi) is 5.30. The highest BCUT2D eigenvalue weighted by Gasteiger charge is 2.03. The van der Waals surface area contributed by atoms with Crippen molar-refractivity contribution in [1.82, 2.24) is 5.43 Å². The summed E-state index contributed by atoms with van der Waals surface area (Å²) < 4.78 is 5.01. The maximum absolute atomic E-state index is 11.8. The molecule has 4 N–H and O–H groups in total. The van der Waals surface area contributed by atoms with Crippen LogP contribution in [-0.2, 0) is 4.79 Å². The fourth-order valence-corrected chi connectivity index (χ4v) is 1.66. The van der Waals surface area contributed by atoms with E-state index in [0.717, 1.165) is 5.56 Å². The zero-order valence-corrected chi connectivity index (χ0v) is 12.1. The molecular weight excluding hydrogens is 298 g/mol. The number of nitrogens with zero attached hydrogens (tertiary/aromatic N) is 1. The second-order valence-electron chi connectivity index (χ2n) is 4.57. The molecule has 7 nitrogen and oxygen atoms in total. The topological polar surface area (TPSA) is 114 Å². The molecule has 0 heterocycles. The molecule has 0 atom stereocenters. The first-order valence-corrected chi connectivity index (χ1v) is 6.68. The number of hydrazone groups is 1. The Hall–Kier alpha value is -3.35. The van der Waals surface area contributed by atoms with Crippen LogP contribution in [0.25, 0.3) is 0 Å². The molecular formula is C16H15N3O4. The molecule has 0 spiro atoms. The highest BCUT2D eigenvalue weighted by molar-refractivity contribution is 5.95. The van der Waals surface area contributed by atoms with Crippen molar-refractivity contribution < 1.29 is 19.4 Å². The number of carboxylic acid groups (broad SMARTS) is 1. The Labute approximate surface area is 132 Å². The van der Waals surface area contributed by atoms with E-state index in [0.29, 0.717) is 17.0 Å². The molecule has 1 amide bonds. The molecule has 2 aromatic carbocycles. The lowest BCUT2D eigenvalue weighted by Crippen LogP contribution is -2.17. The number of hydrogen-bond donors (Lipinski definition) is 3. The molecule has 0 saturated heterocycles. The first kappa shape index (κ1) is 16.0. The lowest BCUT2D eigenvalue weighted by molar-refractivity contribution is -0.139. The quantitative estimate of drug-likeness (QED) is 0.425. The molecule has 0 bridgehead atoms. The van der Waals surface area contributed by atoms with Crippen LogP contribution in [0.5, 0.6) is 5.75 Å². The van der Waals surface area contributed by atoms with E-state index in [9.17, 15) is 9.59 Å². The number of nitrogen functional groups attached to an aromatic ring is 1. The standard InChI is InChI=1S/C16H15N3O4/c17-13-5-3-12(4-6-13)16(22)19-18-9-11-1-7-14(8-2-11)23-10-15(20)21/h1-9H,10,17H2,(H,19,22)(H,20,21)/b18-9+. The monoisotopic (exact) mass is 313 g/mol. The average molecular weight is 313 g/mol. The van der Waals surface area contributed by atoms with Crippen molar-refractivity contribution in [3.8, 4) is 5.75 Å². The minimum Gasteiger partial charge on any atom is -0.482 e. The van der Waals surface area contributed by atoms with Crippen LogP contribution in [0.1, 0.15) is 15.9 Å². The van der Waals surface area contributed by atoms with E-state index >= 15 is 0 Å². The van der Waals surface area contributed by atoms with E-state index in [2.05, 4.69) is 10.5 Å². The van der Waals surface area contributed by atoms with E-state index in [4.69, 9.17) is 15.6 Å². The molecule has 0 unspecified atom stereocenters. The summed E-state index contributed by atoms with van der Waals surface area (Å²) >= 11 is 0. The molecule has 0 aliphatic heterocycles. The van der Waals surface area contributed by atoms with Gasteiger partial charge in [0.2, 0.25) is 0 Å². The van der Waals surface area contributed by atoms with Crippen molar-refractivity contribution in [1.29, 1.82) is 0 Å². The third-order valence-electron chi connectivity index (χ3n) is 2.79. The fraction of sp³-hybridized carbons (Fsp3) is 0.0625. The summed E-state index contributed by atoms with van der Waals surface area (Å²) in [5.41, 5.74) is 9.71. The zero-order valence-electron chi connectivity index (χ0n) is 12.1. The molecule has 0 aliphatic carbocycles. The Morgan fingerprint density at radius 1 is 1.13 bits per heavy atom. The van der Waals surface area contributed by atoms with Gasteiger partial charge in [0.25, 0.3) is 5.91 Å². The smallest absolute Gasteiger partial charge is 0.341 e.